The maximum Gasteiger partial charge on any atom is 0.0544 e. The first-order chi connectivity index (χ1) is 9.24. The summed E-state index contributed by atoms with van der Waals surface area (Å²) in [5.74, 6) is 0.657. The van der Waals surface area contributed by atoms with E-state index >= 15 is 0 Å². The van der Waals surface area contributed by atoms with E-state index in [1.54, 1.807) is 0 Å². The number of aromatic nitrogens is 1. The summed E-state index contributed by atoms with van der Waals surface area (Å²) in [4.78, 5) is 7.04. The summed E-state index contributed by atoms with van der Waals surface area (Å²) in [6.07, 6.45) is 7.13. The van der Waals surface area contributed by atoms with Gasteiger partial charge in [-0.25, -0.2) is 0 Å². The van der Waals surface area contributed by atoms with E-state index in [4.69, 9.17) is 5.73 Å². The van der Waals surface area contributed by atoms with Gasteiger partial charge in [0.25, 0.3) is 0 Å². The highest BCUT2D eigenvalue weighted by Crippen LogP contribution is 2.28. The topological polar surface area (TPSA) is 42.2 Å². The van der Waals surface area contributed by atoms with Crippen LogP contribution in [-0.4, -0.2) is 29.0 Å². The van der Waals surface area contributed by atoms with Crippen LogP contribution in [0.25, 0.3) is 0 Å². The molecule has 106 valence electrons. The molecule has 2 rings (SSSR count). The van der Waals surface area contributed by atoms with Crippen molar-refractivity contribution in [1.82, 2.24) is 9.88 Å². The smallest absolute Gasteiger partial charge is 0.0544 e. The van der Waals surface area contributed by atoms with E-state index in [1.807, 2.05) is 6.20 Å². The molecule has 0 bridgehead atoms. The molecule has 0 aliphatic heterocycles. The molecule has 0 aromatic carbocycles. The summed E-state index contributed by atoms with van der Waals surface area (Å²) < 4.78 is 1.04. The Hall–Kier alpha value is -0.450. The summed E-state index contributed by atoms with van der Waals surface area (Å²) in [6, 6.07) is 4.80. The van der Waals surface area contributed by atoms with Gasteiger partial charge in [0.05, 0.1) is 5.69 Å². The Labute approximate surface area is 124 Å². The van der Waals surface area contributed by atoms with Gasteiger partial charge in [0.15, 0.2) is 0 Å². The minimum Gasteiger partial charge on any atom is -0.330 e. The maximum absolute atomic E-state index is 5.95. The fraction of sp³-hybridized carbons (Fsp3) is 0.667. The van der Waals surface area contributed by atoms with Gasteiger partial charge in [-0.1, -0.05) is 19.8 Å². The first-order valence-electron chi connectivity index (χ1n) is 7.29. The van der Waals surface area contributed by atoms with Crippen LogP contribution in [0.5, 0.6) is 0 Å². The van der Waals surface area contributed by atoms with Crippen molar-refractivity contribution in [2.24, 2.45) is 11.7 Å². The molecule has 1 saturated carbocycles. The van der Waals surface area contributed by atoms with Crippen LogP contribution in [-0.2, 0) is 6.54 Å². The Morgan fingerprint density at radius 2 is 2.16 bits per heavy atom. The third kappa shape index (κ3) is 4.01. The van der Waals surface area contributed by atoms with Crippen LogP contribution in [0.3, 0.4) is 0 Å². The van der Waals surface area contributed by atoms with Crippen LogP contribution in [0.1, 0.15) is 38.3 Å². The minimum atomic E-state index is 0.634. The molecule has 1 aliphatic rings. The van der Waals surface area contributed by atoms with E-state index in [9.17, 15) is 0 Å². The molecule has 0 saturated heterocycles. The molecule has 2 N–H and O–H groups in total. The average Bonchev–Trinajstić information content (AvgIpc) is 2.46. The second-order valence-electron chi connectivity index (χ2n) is 5.38. The standard InChI is InChI=1S/C15H24BrN3/c1-2-19(11-14-8-7-13(16)10-18-14)15-6-4-3-5-12(15)9-17/h7-8,10,12,15H,2-6,9,11,17H2,1H3. The summed E-state index contributed by atoms with van der Waals surface area (Å²) >= 11 is 3.43. The van der Waals surface area contributed by atoms with Crippen molar-refractivity contribution >= 4 is 15.9 Å². The molecule has 0 amide bonds. The molecule has 3 nitrogen and oxygen atoms in total. The Bertz CT molecular complexity index is 379. The third-order valence-corrected chi connectivity index (χ3v) is 4.67. The summed E-state index contributed by atoms with van der Waals surface area (Å²) in [7, 11) is 0. The number of nitrogens with zero attached hydrogens (tertiary/aromatic N) is 2. The van der Waals surface area contributed by atoms with Gasteiger partial charge in [0, 0.05) is 23.3 Å². The fourth-order valence-corrected chi connectivity index (χ4v) is 3.35. The zero-order chi connectivity index (χ0) is 13.7. The van der Waals surface area contributed by atoms with E-state index in [0.717, 1.165) is 29.8 Å². The van der Waals surface area contributed by atoms with E-state index < -0.39 is 0 Å². The molecule has 2 atom stereocenters. The van der Waals surface area contributed by atoms with Crippen molar-refractivity contribution in [3.8, 4) is 0 Å². The zero-order valence-electron chi connectivity index (χ0n) is 11.7. The molecule has 19 heavy (non-hydrogen) atoms. The van der Waals surface area contributed by atoms with Gasteiger partial charge in [-0.3, -0.25) is 9.88 Å². The molecule has 1 aromatic heterocycles. The van der Waals surface area contributed by atoms with E-state index in [-0.39, 0.29) is 0 Å². The van der Waals surface area contributed by atoms with Crippen molar-refractivity contribution in [3.63, 3.8) is 0 Å². The highest BCUT2D eigenvalue weighted by Gasteiger charge is 2.28. The van der Waals surface area contributed by atoms with Crippen LogP contribution in [0.2, 0.25) is 0 Å². The van der Waals surface area contributed by atoms with Gasteiger partial charge in [0.1, 0.15) is 0 Å². The molecule has 1 aromatic rings. The van der Waals surface area contributed by atoms with Crippen molar-refractivity contribution in [3.05, 3.63) is 28.5 Å². The second kappa shape index (κ2) is 7.36. The van der Waals surface area contributed by atoms with E-state index in [1.165, 1.54) is 25.7 Å². The molecule has 1 aliphatic carbocycles. The third-order valence-electron chi connectivity index (χ3n) is 4.20. The van der Waals surface area contributed by atoms with Crippen LogP contribution in [0, 0.1) is 5.92 Å². The molecular formula is C15H24BrN3. The normalized spacial score (nSPS) is 23.8. The lowest BCUT2D eigenvalue weighted by atomic mass is 9.83. The van der Waals surface area contributed by atoms with Crippen LogP contribution < -0.4 is 5.73 Å². The quantitative estimate of drug-likeness (QED) is 0.904. The molecule has 0 spiro atoms. The van der Waals surface area contributed by atoms with Gasteiger partial charge in [-0.05, 0) is 59.9 Å². The highest BCUT2D eigenvalue weighted by molar-refractivity contribution is 9.10. The van der Waals surface area contributed by atoms with Crippen LogP contribution >= 0.6 is 15.9 Å². The summed E-state index contributed by atoms with van der Waals surface area (Å²) in [5, 5.41) is 0. The maximum atomic E-state index is 5.95. The number of nitrogens with two attached hydrogens (primary N) is 1. The van der Waals surface area contributed by atoms with E-state index in [0.29, 0.717) is 12.0 Å². The van der Waals surface area contributed by atoms with Gasteiger partial charge in [-0.15, -0.1) is 0 Å². The Balaban J connectivity index is 2.04. The van der Waals surface area contributed by atoms with Gasteiger partial charge in [-0.2, -0.15) is 0 Å². The molecular weight excluding hydrogens is 302 g/mol. The molecule has 0 radical (unpaired) electrons. The molecule has 1 fully saturated rings. The Morgan fingerprint density at radius 3 is 2.79 bits per heavy atom. The fourth-order valence-electron chi connectivity index (χ4n) is 3.12. The number of halogens is 1. The second-order valence-corrected chi connectivity index (χ2v) is 6.29. The monoisotopic (exact) mass is 325 g/mol. The van der Waals surface area contributed by atoms with Gasteiger partial charge in [0.2, 0.25) is 0 Å². The summed E-state index contributed by atoms with van der Waals surface area (Å²) in [5.41, 5.74) is 7.10. The predicted octanol–water partition coefficient (Wildman–Crippen LogP) is 3.18. The molecule has 1 heterocycles. The number of hydrogen-bond donors (Lipinski definition) is 1. The first kappa shape index (κ1) is 14.9. The Kier molecular flexibility index (Phi) is 5.79. The predicted molar refractivity (Wildman–Crippen MR) is 82.8 cm³/mol. The van der Waals surface area contributed by atoms with Crippen molar-refractivity contribution in [1.29, 1.82) is 0 Å². The van der Waals surface area contributed by atoms with Crippen LogP contribution in [0.4, 0.5) is 0 Å². The SMILES string of the molecule is CCN(Cc1ccc(Br)cn1)C1CCCCC1CN. The van der Waals surface area contributed by atoms with Crippen molar-refractivity contribution < 1.29 is 0 Å². The van der Waals surface area contributed by atoms with Gasteiger partial charge < -0.3 is 5.73 Å². The zero-order valence-corrected chi connectivity index (χ0v) is 13.3. The molecule has 2 unspecified atom stereocenters. The average molecular weight is 326 g/mol. The highest BCUT2D eigenvalue weighted by atomic mass is 79.9. The summed E-state index contributed by atoms with van der Waals surface area (Å²) in [6.45, 7) is 5.06. The van der Waals surface area contributed by atoms with Gasteiger partial charge >= 0.3 is 0 Å². The number of pyridine rings is 1. The molecule has 4 heteroatoms. The lowest BCUT2D eigenvalue weighted by Gasteiger charge is -2.39. The first-order valence-corrected chi connectivity index (χ1v) is 8.08. The van der Waals surface area contributed by atoms with E-state index in [2.05, 4.69) is 44.9 Å². The lowest BCUT2D eigenvalue weighted by molar-refractivity contribution is 0.104. The van der Waals surface area contributed by atoms with Crippen LogP contribution in [0.15, 0.2) is 22.8 Å². The van der Waals surface area contributed by atoms with Crippen molar-refractivity contribution in [2.75, 3.05) is 13.1 Å². The number of hydrogen-bond acceptors (Lipinski definition) is 3. The lowest BCUT2D eigenvalue weighted by Crippen LogP contribution is -2.44. The Morgan fingerprint density at radius 1 is 1.37 bits per heavy atom. The van der Waals surface area contributed by atoms with Crippen molar-refractivity contribution in [2.45, 2.75) is 45.2 Å². The largest absolute Gasteiger partial charge is 0.330 e. The number of rotatable bonds is 5. The minimum absolute atomic E-state index is 0.634.